The van der Waals surface area contributed by atoms with Crippen LogP contribution in [0.15, 0.2) is 96.0 Å². The Bertz CT molecular complexity index is 765. The molecule has 3 aromatic rings. The van der Waals surface area contributed by atoms with Gasteiger partial charge in [0.15, 0.2) is 0 Å². The Balaban J connectivity index is 2.03. The van der Waals surface area contributed by atoms with Crippen molar-refractivity contribution < 1.29 is 0 Å². The second kappa shape index (κ2) is 6.71. The van der Waals surface area contributed by atoms with E-state index in [4.69, 9.17) is 4.99 Å². The Kier molecular flexibility index (Phi) is 4.64. The summed E-state index contributed by atoms with van der Waals surface area (Å²) in [6.45, 7) is 3.04. The van der Waals surface area contributed by atoms with Crippen LogP contribution in [0.2, 0.25) is 0 Å². The van der Waals surface area contributed by atoms with Gasteiger partial charge in [0.05, 0.1) is 0 Å². The molecule has 0 radical (unpaired) electrons. The Morgan fingerprint density at radius 1 is 0.667 bits per heavy atom. The molecule has 2 heteroatoms. The second-order valence-electron chi connectivity index (χ2n) is 6.84. The summed E-state index contributed by atoms with van der Waals surface area (Å²) in [5.41, 5.74) is 1.24. The predicted molar refractivity (Wildman–Crippen MR) is 110 cm³/mol. The average Bonchev–Trinajstić information content (AvgIpc) is 2.64. The van der Waals surface area contributed by atoms with E-state index >= 15 is 0 Å². The zero-order chi connectivity index (χ0) is 16.9. The van der Waals surface area contributed by atoms with Gasteiger partial charge in [-0.15, -0.1) is 0 Å². The zero-order valence-corrected chi connectivity index (χ0v) is 15.2. The molecule has 0 heterocycles. The van der Waals surface area contributed by atoms with Crippen LogP contribution in [0, 0.1) is 0 Å². The summed E-state index contributed by atoms with van der Waals surface area (Å²) < 4.78 is 0. The summed E-state index contributed by atoms with van der Waals surface area (Å²) in [5, 5.41) is 2.73. The van der Waals surface area contributed by atoms with Crippen molar-refractivity contribution in [3.8, 4) is 0 Å². The van der Waals surface area contributed by atoms with Gasteiger partial charge in [-0.2, -0.15) is 0 Å². The van der Waals surface area contributed by atoms with E-state index in [1.807, 2.05) is 6.07 Å². The van der Waals surface area contributed by atoms with E-state index in [1.54, 1.807) is 0 Å². The fourth-order valence-electron chi connectivity index (χ4n) is 3.03. The van der Waals surface area contributed by atoms with Crippen LogP contribution in [0.5, 0.6) is 0 Å². The van der Waals surface area contributed by atoms with Crippen LogP contribution >= 0.6 is 6.60 Å². The van der Waals surface area contributed by atoms with Crippen molar-refractivity contribution in [2.75, 3.05) is 13.3 Å². The number of benzene rings is 3. The summed E-state index contributed by atoms with van der Waals surface area (Å²) >= 11 is 0. The molecular formula is C22H24NP. The third-order valence-corrected chi connectivity index (χ3v) is 9.28. The molecule has 24 heavy (non-hydrogen) atoms. The maximum absolute atomic E-state index is 4.87. The molecule has 3 aromatic carbocycles. The first kappa shape index (κ1) is 16.6. The summed E-state index contributed by atoms with van der Waals surface area (Å²) in [5.74, 6) is 2.24. The van der Waals surface area contributed by atoms with Crippen LogP contribution in [0.4, 0.5) is 0 Å². The molecule has 0 unspecified atom stereocenters. The minimum atomic E-state index is -2.44. The first-order valence-electron chi connectivity index (χ1n) is 8.26. The van der Waals surface area contributed by atoms with Gasteiger partial charge >= 0.3 is 145 Å². The molecule has 0 spiro atoms. The van der Waals surface area contributed by atoms with Crippen LogP contribution < -0.4 is 10.6 Å². The topological polar surface area (TPSA) is 12.4 Å². The number of nitrogens with zero attached hydrogens (tertiary/aromatic N) is 1. The van der Waals surface area contributed by atoms with Crippen LogP contribution in [-0.2, 0) is 6.54 Å². The molecular weight excluding hydrogens is 309 g/mol. The molecule has 0 saturated heterocycles. The number of hydrogen-bond acceptors (Lipinski definition) is 1. The van der Waals surface area contributed by atoms with Gasteiger partial charge in [-0.1, -0.05) is 0 Å². The molecule has 0 N–H and O–H groups in total. The fraction of sp³-hybridized carbons (Fsp3) is 0.136. The quantitative estimate of drug-likeness (QED) is 0.475. The van der Waals surface area contributed by atoms with Crippen molar-refractivity contribution in [3.63, 3.8) is 0 Å². The standard InChI is InChI=1S/C22H24NP/c1-24(2,21-14-8-4-9-15-21,22-16-10-5-11-17-22)19-23-18-20-12-6-3-7-13-20/h3-17,19H,18H2,1-2H3. The van der Waals surface area contributed by atoms with Crippen molar-refractivity contribution in [2.24, 2.45) is 4.99 Å². The molecule has 3 rings (SSSR count). The van der Waals surface area contributed by atoms with Crippen molar-refractivity contribution in [1.29, 1.82) is 0 Å². The van der Waals surface area contributed by atoms with Crippen LogP contribution in [0.25, 0.3) is 0 Å². The molecule has 0 amide bonds. The fourth-order valence-corrected chi connectivity index (χ4v) is 6.35. The molecule has 1 nitrogen and oxygen atoms in total. The van der Waals surface area contributed by atoms with Gasteiger partial charge in [-0.3, -0.25) is 0 Å². The average molecular weight is 333 g/mol. The van der Waals surface area contributed by atoms with E-state index in [0.717, 1.165) is 6.54 Å². The van der Waals surface area contributed by atoms with Crippen molar-refractivity contribution in [3.05, 3.63) is 96.6 Å². The molecule has 0 atom stereocenters. The van der Waals surface area contributed by atoms with E-state index in [2.05, 4.69) is 104 Å². The number of rotatable bonds is 5. The van der Waals surface area contributed by atoms with Crippen molar-refractivity contribution in [1.82, 2.24) is 0 Å². The second-order valence-corrected chi connectivity index (χ2v) is 12.6. The Hall–Kier alpha value is -2.24. The molecule has 0 aromatic heterocycles. The van der Waals surface area contributed by atoms with Gasteiger partial charge in [0.25, 0.3) is 0 Å². The van der Waals surface area contributed by atoms with Crippen LogP contribution in [0.3, 0.4) is 0 Å². The van der Waals surface area contributed by atoms with Gasteiger partial charge in [-0.25, -0.2) is 0 Å². The molecule has 0 aliphatic rings. The predicted octanol–water partition coefficient (Wildman–Crippen LogP) is 4.68. The summed E-state index contributed by atoms with van der Waals surface area (Å²) in [7, 11) is 0. The zero-order valence-electron chi connectivity index (χ0n) is 14.3. The number of aliphatic imine (C=N–C) groups is 1. The van der Waals surface area contributed by atoms with Gasteiger partial charge in [-0.05, 0) is 0 Å². The van der Waals surface area contributed by atoms with Crippen LogP contribution in [0.1, 0.15) is 5.56 Å². The van der Waals surface area contributed by atoms with Crippen molar-refractivity contribution >= 4 is 23.2 Å². The number of hydrogen-bond donors (Lipinski definition) is 0. The SMILES string of the molecule is CP(C)(C=NCc1ccccc1)(c1ccccc1)c1ccccc1. The third-order valence-electron chi connectivity index (χ3n) is 4.65. The molecule has 122 valence electrons. The molecule has 0 aliphatic carbocycles. The molecule has 0 aliphatic heterocycles. The van der Waals surface area contributed by atoms with Gasteiger partial charge < -0.3 is 0 Å². The summed E-state index contributed by atoms with van der Waals surface area (Å²) in [6.07, 6.45) is 0. The Morgan fingerprint density at radius 3 is 1.54 bits per heavy atom. The first-order chi connectivity index (χ1) is 11.6. The Morgan fingerprint density at radius 2 is 1.08 bits per heavy atom. The molecule has 0 fully saturated rings. The van der Waals surface area contributed by atoms with E-state index in [9.17, 15) is 0 Å². The maximum atomic E-state index is 4.87. The Labute approximate surface area is 145 Å². The van der Waals surface area contributed by atoms with E-state index in [-0.39, 0.29) is 0 Å². The minimum absolute atomic E-state index is 0.722. The first-order valence-corrected chi connectivity index (χ1v) is 11.5. The monoisotopic (exact) mass is 333 g/mol. The molecule has 0 saturated carbocycles. The van der Waals surface area contributed by atoms with Gasteiger partial charge in [0.1, 0.15) is 0 Å². The normalized spacial score (nSPS) is 13.5. The van der Waals surface area contributed by atoms with Gasteiger partial charge in [0, 0.05) is 0 Å². The van der Waals surface area contributed by atoms with E-state index in [1.165, 1.54) is 16.2 Å². The summed E-state index contributed by atoms with van der Waals surface area (Å²) in [4.78, 5) is 4.87. The van der Waals surface area contributed by atoms with Gasteiger partial charge in [0.2, 0.25) is 0 Å². The van der Waals surface area contributed by atoms with E-state index < -0.39 is 6.60 Å². The molecule has 0 bridgehead atoms. The third kappa shape index (κ3) is 3.32. The van der Waals surface area contributed by atoms with Crippen molar-refractivity contribution in [2.45, 2.75) is 6.54 Å². The van der Waals surface area contributed by atoms with E-state index in [0.29, 0.717) is 0 Å². The summed E-state index contributed by atoms with van der Waals surface area (Å²) in [6, 6.07) is 32.0. The van der Waals surface area contributed by atoms with Crippen LogP contribution in [-0.4, -0.2) is 19.3 Å².